The van der Waals surface area contributed by atoms with Crippen LogP contribution in [0.3, 0.4) is 0 Å². The predicted molar refractivity (Wildman–Crippen MR) is 94.5 cm³/mol. The molecule has 0 spiro atoms. The van der Waals surface area contributed by atoms with Gasteiger partial charge in [-0.15, -0.1) is 0 Å². The number of anilines is 2. The molecule has 0 atom stereocenters. The van der Waals surface area contributed by atoms with E-state index >= 15 is 0 Å². The van der Waals surface area contributed by atoms with Crippen molar-refractivity contribution < 1.29 is 9.47 Å². The highest BCUT2D eigenvalue weighted by Crippen LogP contribution is 2.34. The second-order valence-electron chi connectivity index (χ2n) is 5.75. The summed E-state index contributed by atoms with van der Waals surface area (Å²) in [6.45, 7) is 5.78. The molecule has 1 aromatic rings. The van der Waals surface area contributed by atoms with Crippen LogP contribution >= 0.6 is 0 Å². The van der Waals surface area contributed by atoms with E-state index in [1.165, 1.54) is 38.5 Å². The highest BCUT2D eigenvalue weighted by atomic mass is 16.5. The number of unbranched alkanes of at least 4 members (excludes halogenated alkanes) is 6. The Balaban J connectivity index is 2.51. The molecule has 0 unspecified atom stereocenters. The molecule has 0 saturated heterocycles. The van der Waals surface area contributed by atoms with Crippen molar-refractivity contribution in [3.8, 4) is 11.5 Å². The zero-order valence-corrected chi connectivity index (χ0v) is 14.2. The van der Waals surface area contributed by atoms with Gasteiger partial charge in [0.1, 0.15) is 0 Å². The van der Waals surface area contributed by atoms with Crippen molar-refractivity contribution in [2.24, 2.45) is 0 Å². The van der Waals surface area contributed by atoms with Crippen molar-refractivity contribution in [1.29, 1.82) is 0 Å². The Bertz CT molecular complexity index is 383. The van der Waals surface area contributed by atoms with Crippen LogP contribution < -0.4 is 20.9 Å². The van der Waals surface area contributed by atoms with E-state index in [1.54, 1.807) is 12.1 Å². The third-order valence-corrected chi connectivity index (χ3v) is 3.66. The Labute approximate surface area is 135 Å². The van der Waals surface area contributed by atoms with E-state index in [0.717, 1.165) is 12.8 Å². The third kappa shape index (κ3) is 6.92. The molecular formula is C18H32N2O2. The molecule has 0 saturated carbocycles. The molecule has 0 aliphatic heterocycles. The molecule has 0 bridgehead atoms. The van der Waals surface area contributed by atoms with Crippen LogP contribution in [0.4, 0.5) is 11.4 Å². The zero-order chi connectivity index (χ0) is 16.2. The maximum absolute atomic E-state index is 5.88. The monoisotopic (exact) mass is 308 g/mol. The van der Waals surface area contributed by atoms with Crippen molar-refractivity contribution in [2.75, 3.05) is 24.7 Å². The number of nitrogens with two attached hydrogens (primary N) is 2. The minimum atomic E-state index is 0.543. The molecule has 0 heterocycles. The lowest BCUT2D eigenvalue weighted by Gasteiger charge is -2.15. The van der Waals surface area contributed by atoms with E-state index in [4.69, 9.17) is 20.9 Å². The first-order valence-corrected chi connectivity index (χ1v) is 8.63. The van der Waals surface area contributed by atoms with E-state index in [2.05, 4.69) is 13.8 Å². The lowest BCUT2D eigenvalue weighted by Crippen LogP contribution is -2.05. The summed E-state index contributed by atoms with van der Waals surface area (Å²) in [6.07, 6.45) is 9.41. The summed E-state index contributed by atoms with van der Waals surface area (Å²) in [5.74, 6) is 1.41. The molecule has 1 rings (SSSR count). The molecule has 4 heteroatoms. The number of hydrogen-bond acceptors (Lipinski definition) is 4. The van der Waals surface area contributed by atoms with Crippen molar-refractivity contribution >= 4 is 11.4 Å². The molecule has 4 nitrogen and oxygen atoms in total. The van der Waals surface area contributed by atoms with Crippen LogP contribution in [-0.4, -0.2) is 13.2 Å². The largest absolute Gasteiger partial charge is 0.490 e. The molecule has 22 heavy (non-hydrogen) atoms. The van der Waals surface area contributed by atoms with Crippen LogP contribution in [0, 0.1) is 0 Å². The Hall–Kier alpha value is -1.58. The predicted octanol–water partition coefficient (Wildman–Crippen LogP) is 4.77. The summed E-state index contributed by atoms with van der Waals surface area (Å²) < 4.78 is 11.7. The maximum Gasteiger partial charge on any atom is 0.163 e. The first-order chi connectivity index (χ1) is 10.7. The molecule has 126 valence electrons. The van der Waals surface area contributed by atoms with Crippen LogP contribution in [0.15, 0.2) is 12.1 Å². The second kappa shape index (κ2) is 11.0. The van der Waals surface area contributed by atoms with Crippen LogP contribution in [-0.2, 0) is 0 Å². The standard InChI is InChI=1S/C18H32N2O2/c1-3-5-7-9-11-21-17-13-15(19)16(20)14-18(17)22-12-10-8-6-4-2/h13-14H,3-12,19-20H2,1-2H3. The van der Waals surface area contributed by atoms with Gasteiger partial charge in [-0.25, -0.2) is 0 Å². The van der Waals surface area contributed by atoms with Crippen molar-refractivity contribution in [3.05, 3.63) is 12.1 Å². The first kappa shape index (κ1) is 18.5. The fraction of sp³-hybridized carbons (Fsp3) is 0.667. The van der Waals surface area contributed by atoms with Gasteiger partial charge in [0.25, 0.3) is 0 Å². The van der Waals surface area contributed by atoms with Gasteiger partial charge in [-0.2, -0.15) is 0 Å². The van der Waals surface area contributed by atoms with Gasteiger partial charge < -0.3 is 20.9 Å². The van der Waals surface area contributed by atoms with E-state index in [9.17, 15) is 0 Å². The molecule has 0 amide bonds. The van der Waals surface area contributed by atoms with E-state index in [0.29, 0.717) is 36.1 Å². The van der Waals surface area contributed by atoms with Gasteiger partial charge in [-0.05, 0) is 12.8 Å². The average Bonchev–Trinajstić information content (AvgIpc) is 2.51. The molecule has 4 N–H and O–H groups in total. The fourth-order valence-corrected chi connectivity index (χ4v) is 2.24. The number of ether oxygens (including phenoxy) is 2. The summed E-state index contributed by atoms with van der Waals surface area (Å²) in [4.78, 5) is 0. The quantitative estimate of drug-likeness (QED) is 0.431. The fourth-order valence-electron chi connectivity index (χ4n) is 2.24. The minimum absolute atomic E-state index is 0.543. The maximum atomic E-state index is 5.88. The topological polar surface area (TPSA) is 70.5 Å². The van der Waals surface area contributed by atoms with Gasteiger partial charge in [0.05, 0.1) is 24.6 Å². The highest BCUT2D eigenvalue weighted by molar-refractivity contribution is 5.69. The smallest absolute Gasteiger partial charge is 0.163 e. The Kier molecular flexibility index (Phi) is 9.28. The SMILES string of the molecule is CCCCCCOc1cc(N)c(N)cc1OCCCCCC. The van der Waals surface area contributed by atoms with Crippen LogP contribution in [0.2, 0.25) is 0 Å². The lowest BCUT2D eigenvalue weighted by atomic mass is 10.2. The highest BCUT2D eigenvalue weighted by Gasteiger charge is 2.09. The van der Waals surface area contributed by atoms with Crippen molar-refractivity contribution in [2.45, 2.75) is 65.2 Å². The number of nitrogen functional groups attached to an aromatic ring is 2. The van der Waals surface area contributed by atoms with E-state index in [1.807, 2.05) is 0 Å². The number of benzene rings is 1. The van der Waals surface area contributed by atoms with Crippen LogP contribution in [0.5, 0.6) is 11.5 Å². The van der Waals surface area contributed by atoms with Gasteiger partial charge in [-0.3, -0.25) is 0 Å². The van der Waals surface area contributed by atoms with Crippen molar-refractivity contribution in [3.63, 3.8) is 0 Å². The molecule has 0 fully saturated rings. The lowest BCUT2D eigenvalue weighted by molar-refractivity contribution is 0.259. The minimum Gasteiger partial charge on any atom is -0.490 e. The Morgan fingerprint density at radius 2 is 1.09 bits per heavy atom. The molecule has 0 aliphatic rings. The Morgan fingerprint density at radius 1 is 0.682 bits per heavy atom. The van der Waals surface area contributed by atoms with Gasteiger partial charge in [0.2, 0.25) is 0 Å². The average molecular weight is 308 g/mol. The second-order valence-corrected chi connectivity index (χ2v) is 5.75. The summed E-state index contributed by atoms with van der Waals surface area (Å²) in [6, 6.07) is 3.55. The Morgan fingerprint density at radius 3 is 1.45 bits per heavy atom. The summed E-state index contributed by atoms with van der Waals surface area (Å²) in [5.41, 5.74) is 12.8. The van der Waals surface area contributed by atoms with Gasteiger partial charge >= 0.3 is 0 Å². The van der Waals surface area contributed by atoms with Gasteiger partial charge in [0, 0.05) is 12.1 Å². The van der Waals surface area contributed by atoms with E-state index < -0.39 is 0 Å². The first-order valence-electron chi connectivity index (χ1n) is 8.63. The van der Waals surface area contributed by atoms with Crippen molar-refractivity contribution in [1.82, 2.24) is 0 Å². The summed E-state index contributed by atoms with van der Waals surface area (Å²) in [5, 5.41) is 0. The zero-order valence-electron chi connectivity index (χ0n) is 14.2. The number of rotatable bonds is 12. The third-order valence-electron chi connectivity index (χ3n) is 3.66. The molecule has 0 aliphatic carbocycles. The van der Waals surface area contributed by atoms with Gasteiger partial charge in [0.15, 0.2) is 11.5 Å². The normalized spacial score (nSPS) is 10.6. The van der Waals surface area contributed by atoms with Crippen LogP contribution in [0.1, 0.15) is 65.2 Å². The van der Waals surface area contributed by atoms with Crippen LogP contribution in [0.25, 0.3) is 0 Å². The molecule has 0 aromatic heterocycles. The number of hydrogen-bond donors (Lipinski definition) is 2. The van der Waals surface area contributed by atoms with Gasteiger partial charge in [-0.1, -0.05) is 52.4 Å². The molecule has 1 aromatic carbocycles. The van der Waals surface area contributed by atoms with E-state index in [-0.39, 0.29) is 0 Å². The molecular weight excluding hydrogens is 276 g/mol. The summed E-state index contributed by atoms with van der Waals surface area (Å²) >= 11 is 0. The molecule has 0 radical (unpaired) electrons. The summed E-state index contributed by atoms with van der Waals surface area (Å²) in [7, 11) is 0.